The molecule has 0 bridgehead atoms. The fraction of sp³-hybridized carbons (Fsp3) is 0.692. The minimum Gasteiger partial charge on any atom is -0.477 e. The van der Waals surface area contributed by atoms with Crippen LogP contribution in [-0.4, -0.2) is 29.7 Å². The van der Waals surface area contributed by atoms with Gasteiger partial charge in [0.1, 0.15) is 6.33 Å². The lowest BCUT2D eigenvalue weighted by Crippen LogP contribution is -2.12. The molecule has 1 aromatic rings. The highest BCUT2D eigenvalue weighted by molar-refractivity contribution is 5.33. The summed E-state index contributed by atoms with van der Waals surface area (Å²) in [5, 5.41) is 3.38. The number of aromatic nitrogens is 2. The van der Waals surface area contributed by atoms with Crippen LogP contribution in [0.1, 0.15) is 30.5 Å². The summed E-state index contributed by atoms with van der Waals surface area (Å²) in [6.45, 7) is 3.09. The second-order valence-corrected chi connectivity index (χ2v) is 4.95. The van der Waals surface area contributed by atoms with Gasteiger partial charge >= 0.3 is 0 Å². The van der Waals surface area contributed by atoms with E-state index in [0.29, 0.717) is 0 Å². The first kappa shape index (κ1) is 11.0. The minimum absolute atomic E-state index is 0.782. The first-order valence-corrected chi connectivity index (χ1v) is 6.60. The zero-order valence-electron chi connectivity index (χ0n) is 10.1. The minimum atomic E-state index is 0.782. The maximum Gasteiger partial charge on any atom is 0.219 e. The van der Waals surface area contributed by atoms with E-state index in [1.54, 1.807) is 6.33 Å². The van der Waals surface area contributed by atoms with Crippen LogP contribution >= 0.6 is 0 Å². The molecule has 0 spiro atoms. The van der Waals surface area contributed by atoms with Crippen LogP contribution in [-0.2, 0) is 12.8 Å². The van der Waals surface area contributed by atoms with Crippen LogP contribution in [0.4, 0.5) is 0 Å². The molecule has 1 aromatic heterocycles. The number of hydrogen-bond acceptors (Lipinski definition) is 4. The zero-order chi connectivity index (χ0) is 11.5. The molecule has 0 aromatic carbocycles. The zero-order valence-corrected chi connectivity index (χ0v) is 10.1. The van der Waals surface area contributed by atoms with Crippen LogP contribution in [0.25, 0.3) is 0 Å². The van der Waals surface area contributed by atoms with Crippen molar-refractivity contribution in [2.75, 3.05) is 19.7 Å². The Bertz CT molecular complexity index is 388. The highest BCUT2D eigenvalue weighted by Gasteiger charge is 2.19. The molecule has 2 aliphatic rings. The third-order valence-electron chi connectivity index (χ3n) is 3.76. The average molecular weight is 233 g/mol. The Kier molecular flexibility index (Phi) is 3.22. The predicted molar refractivity (Wildman–Crippen MR) is 65.1 cm³/mol. The van der Waals surface area contributed by atoms with E-state index >= 15 is 0 Å². The standard InChI is InChI=1S/C13H19N3O/c1-2-11-12(3-1)15-9-16-13(11)17-7-5-10-4-6-14-8-10/h9-10,14H,1-8H2. The van der Waals surface area contributed by atoms with Gasteiger partial charge in [0.2, 0.25) is 5.88 Å². The molecular formula is C13H19N3O. The fourth-order valence-corrected chi connectivity index (χ4v) is 2.74. The number of nitrogens with zero attached hydrogens (tertiary/aromatic N) is 2. The van der Waals surface area contributed by atoms with Gasteiger partial charge in [-0.05, 0) is 51.1 Å². The van der Waals surface area contributed by atoms with Gasteiger partial charge in [0.25, 0.3) is 0 Å². The summed E-state index contributed by atoms with van der Waals surface area (Å²) in [7, 11) is 0. The van der Waals surface area contributed by atoms with Gasteiger partial charge in [0.05, 0.1) is 12.3 Å². The van der Waals surface area contributed by atoms with Crippen LogP contribution in [0.5, 0.6) is 5.88 Å². The Morgan fingerprint density at radius 2 is 2.35 bits per heavy atom. The van der Waals surface area contributed by atoms with Crippen LogP contribution in [0, 0.1) is 5.92 Å². The summed E-state index contributed by atoms with van der Waals surface area (Å²) >= 11 is 0. The number of aryl methyl sites for hydroxylation is 1. The van der Waals surface area contributed by atoms with E-state index in [-0.39, 0.29) is 0 Å². The van der Waals surface area contributed by atoms with Crippen LogP contribution < -0.4 is 10.1 Å². The molecule has 1 atom stereocenters. The molecule has 0 amide bonds. The third kappa shape index (κ3) is 2.41. The molecule has 92 valence electrons. The van der Waals surface area contributed by atoms with E-state index in [1.807, 2.05) is 0 Å². The summed E-state index contributed by atoms with van der Waals surface area (Å²) < 4.78 is 5.83. The third-order valence-corrected chi connectivity index (χ3v) is 3.76. The van der Waals surface area contributed by atoms with Crippen molar-refractivity contribution >= 4 is 0 Å². The van der Waals surface area contributed by atoms with Gasteiger partial charge in [-0.1, -0.05) is 0 Å². The van der Waals surface area contributed by atoms with E-state index in [0.717, 1.165) is 50.8 Å². The summed E-state index contributed by atoms with van der Waals surface area (Å²) in [5.74, 6) is 1.61. The Hall–Kier alpha value is -1.16. The van der Waals surface area contributed by atoms with E-state index in [2.05, 4.69) is 15.3 Å². The maximum absolute atomic E-state index is 5.83. The van der Waals surface area contributed by atoms with Crippen molar-refractivity contribution in [3.63, 3.8) is 0 Å². The molecule has 4 nitrogen and oxygen atoms in total. The molecule has 3 rings (SSSR count). The lowest BCUT2D eigenvalue weighted by atomic mass is 10.1. The van der Waals surface area contributed by atoms with E-state index in [9.17, 15) is 0 Å². The highest BCUT2D eigenvalue weighted by Crippen LogP contribution is 2.27. The molecule has 17 heavy (non-hydrogen) atoms. The van der Waals surface area contributed by atoms with Gasteiger partial charge in [0, 0.05) is 5.56 Å². The molecule has 1 fully saturated rings. The van der Waals surface area contributed by atoms with E-state index in [4.69, 9.17) is 4.74 Å². The average Bonchev–Trinajstić information content (AvgIpc) is 2.99. The van der Waals surface area contributed by atoms with E-state index in [1.165, 1.54) is 24.1 Å². The second-order valence-electron chi connectivity index (χ2n) is 4.95. The molecule has 2 heterocycles. The first-order valence-electron chi connectivity index (χ1n) is 6.60. The summed E-state index contributed by atoms with van der Waals surface area (Å²) in [4.78, 5) is 8.57. The number of hydrogen-bond donors (Lipinski definition) is 1. The molecule has 4 heteroatoms. The molecule has 1 saturated heterocycles. The fourth-order valence-electron chi connectivity index (χ4n) is 2.74. The molecule has 1 aliphatic carbocycles. The van der Waals surface area contributed by atoms with Crippen LogP contribution in [0.3, 0.4) is 0 Å². The van der Waals surface area contributed by atoms with Crippen LogP contribution in [0.2, 0.25) is 0 Å². The van der Waals surface area contributed by atoms with Gasteiger partial charge in [-0.15, -0.1) is 0 Å². The van der Waals surface area contributed by atoms with Gasteiger partial charge in [0.15, 0.2) is 0 Å². The van der Waals surface area contributed by atoms with Crippen molar-refractivity contribution in [3.05, 3.63) is 17.6 Å². The molecule has 0 saturated carbocycles. The Labute approximate surface area is 102 Å². The quantitative estimate of drug-likeness (QED) is 0.852. The second kappa shape index (κ2) is 5.00. The van der Waals surface area contributed by atoms with Gasteiger partial charge in [-0.25, -0.2) is 9.97 Å². The normalized spacial score (nSPS) is 22.7. The molecule has 1 unspecified atom stereocenters. The van der Waals surface area contributed by atoms with Gasteiger partial charge < -0.3 is 10.1 Å². The number of rotatable bonds is 4. The van der Waals surface area contributed by atoms with Crippen molar-refractivity contribution in [1.82, 2.24) is 15.3 Å². The van der Waals surface area contributed by atoms with Crippen molar-refractivity contribution in [3.8, 4) is 5.88 Å². The number of ether oxygens (including phenoxy) is 1. The van der Waals surface area contributed by atoms with Crippen molar-refractivity contribution in [2.24, 2.45) is 5.92 Å². The van der Waals surface area contributed by atoms with Crippen molar-refractivity contribution in [2.45, 2.75) is 32.1 Å². The lowest BCUT2D eigenvalue weighted by molar-refractivity contribution is 0.271. The molecule has 1 aliphatic heterocycles. The Morgan fingerprint density at radius 1 is 1.35 bits per heavy atom. The summed E-state index contributed by atoms with van der Waals surface area (Å²) in [5.41, 5.74) is 2.44. The van der Waals surface area contributed by atoms with Crippen LogP contribution in [0.15, 0.2) is 6.33 Å². The summed E-state index contributed by atoms with van der Waals surface area (Å²) in [6, 6.07) is 0. The Morgan fingerprint density at radius 3 is 3.24 bits per heavy atom. The van der Waals surface area contributed by atoms with Gasteiger partial charge in [-0.3, -0.25) is 0 Å². The molecule has 1 N–H and O–H groups in total. The predicted octanol–water partition coefficient (Wildman–Crippen LogP) is 1.34. The molecular weight excluding hydrogens is 214 g/mol. The molecule has 0 radical (unpaired) electrons. The Balaban J connectivity index is 1.56. The van der Waals surface area contributed by atoms with Crippen molar-refractivity contribution in [1.29, 1.82) is 0 Å². The summed E-state index contributed by atoms with van der Waals surface area (Å²) in [6.07, 6.45) is 7.40. The maximum atomic E-state index is 5.83. The number of nitrogens with one attached hydrogen (secondary N) is 1. The number of fused-ring (bicyclic) bond motifs is 1. The van der Waals surface area contributed by atoms with Gasteiger partial charge in [-0.2, -0.15) is 0 Å². The first-order chi connectivity index (χ1) is 8.43. The SMILES string of the molecule is c1nc2c(c(OCCC3CCNC3)n1)CCC2. The van der Waals surface area contributed by atoms with E-state index < -0.39 is 0 Å². The smallest absolute Gasteiger partial charge is 0.219 e. The monoisotopic (exact) mass is 233 g/mol. The largest absolute Gasteiger partial charge is 0.477 e. The lowest BCUT2D eigenvalue weighted by Gasteiger charge is -2.11. The highest BCUT2D eigenvalue weighted by atomic mass is 16.5. The van der Waals surface area contributed by atoms with Crippen molar-refractivity contribution < 1.29 is 4.74 Å². The topological polar surface area (TPSA) is 47.0 Å².